The smallest absolute Gasteiger partial charge is 0.135 e. The molecular weight excluding hydrogens is 174 g/mol. The lowest BCUT2D eigenvalue weighted by molar-refractivity contribution is 0.629. The molecule has 0 N–H and O–H groups in total. The monoisotopic (exact) mass is 192 g/mol. The van der Waals surface area contributed by atoms with Gasteiger partial charge in [-0.3, -0.25) is 0 Å². The van der Waals surface area contributed by atoms with Gasteiger partial charge in [0, 0.05) is 6.42 Å². The molecule has 0 aromatic carbocycles. The van der Waals surface area contributed by atoms with E-state index in [1.807, 2.05) is 0 Å². The van der Waals surface area contributed by atoms with E-state index >= 15 is 0 Å². The van der Waals surface area contributed by atoms with Crippen LogP contribution < -0.4 is 0 Å². The number of nitrogens with zero attached hydrogens (tertiary/aromatic N) is 3. The Labute approximate surface area is 86.0 Å². The molecule has 1 aromatic heterocycles. The van der Waals surface area contributed by atoms with E-state index in [1.54, 1.807) is 0 Å². The zero-order valence-electron chi connectivity index (χ0n) is 8.82. The van der Waals surface area contributed by atoms with Crippen LogP contribution in [0.2, 0.25) is 0 Å². The van der Waals surface area contributed by atoms with Gasteiger partial charge in [-0.25, -0.2) is 15.0 Å². The largest absolute Gasteiger partial charge is 0.225 e. The third-order valence-electron chi connectivity index (χ3n) is 2.15. The van der Waals surface area contributed by atoms with Gasteiger partial charge < -0.3 is 0 Å². The number of aromatic nitrogens is 3. The van der Waals surface area contributed by atoms with Crippen molar-refractivity contribution in [2.45, 2.75) is 45.4 Å². The summed E-state index contributed by atoms with van der Waals surface area (Å²) in [5.74, 6) is 0.801. The van der Waals surface area contributed by atoms with Gasteiger partial charge in [0.2, 0.25) is 0 Å². The zero-order valence-corrected chi connectivity index (χ0v) is 8.82. The van der Waals surface area contributed by atoms with Crippen LogP contribution in [0, 0.1) is 6.42 Å². The van der Waals surface area contributed by atoms with Crippen LogP contribution in [-0.4, -0.2) is 15.0 Å². The molecule has 3 heteroatoms. The van der Waals surface area contributed by atoms with Gasteiger partial charge in [-0.2, -0.15) is 0 Å². The summed E-state index contributed by atoms with van der Waals surface area (Å²) in [5, 5.41) is 0. The van der Waals surface area contributed by atoms with Crippen molar-refractivity contribution in [1.29, 1.82) is 0 Å². The van der Waals surface area contributed by atoms with E-state index in [0.29, 0.717) is 0 Å². The third-order valence-corrected chi connectivity index (χ3v) is 2.15. The van der Waals surface area contributed by atoms with Crippen molar-refractivity contribution in [3.05, 3.63) is 24.9 Å². The highest BCUT2D eigenvalue weighted by molar-refractivity contribution is 4.96. The Hall–Kier alpha value is -0.990. The minimum atomic E-state index is 0.801. The molecule has 0 unspecified atom stereocenters. The highest BCUT2D eigenvalue weighted by Gasteiger charge is 1.95. The quantitative estimate of drug-likeness (QED) is 0.623. The number of rotatable bonds is 7. The SMILES string of the molecule is CCCCCCC[CH]c1ncncn1. The van der Waals surface area contributed by atoms with Crippen molar-refractivity contribution in [3.8, 4) is 0 Å². The maximum atomic E-state index is 4.03. The summed E-state index contributed by atoms with van der Waals surface area (Å²) < 4.78 is 0. The summed E-state index contributed by atoms with van der Waals surface area (Å²) in [6.07, 6.45) is 12.8. The molecule has 0 bridgehead atoms. The number of unbranched alkanes of at least 4 members (excludes halogenated alkanes) is 5. The molecule has 0 saturated heterocycles. The molecule has 14 heavy (non-hydrogen) atoms. The van der Waals surface area contributed by atoms with Crippen LogP contribution >= 0.6 is 0 Å². The Morgan fingerprint density at radius 2 is 1.79 bits per heavy atom. The Balaban J connectivity index is 1.99. The Bertz CT molecular complexity index is 223. The van der Waals surface area contributed by atoms with Crippen molar-refractivity contribution >= 4 is 0 Å². The molecule has 0 spiro atoms. The first-order valence-corrected chi connectivity index (χ1v) is 5.38. The molecule has 1 aromatic rings. The molecule has 77 valence electrons. The standard InChI is InChI=1S/C11H18N3/c1-2-3-4-5-6-7-8-11-13-9-12-10-14-11/h8-10H,2-7H2,1H3. The van der Waals surface area contributed by atoms with Crippen LogP contribution in [0.3, 0.4) is 0 Å². The highest BCUT2D eigenvalue weighted by Crippen LogP contribution is 2.07. The minimum absolute atomic E-state index is 0.801. The maximum absolute atomic E-state index is 4.03. The number of hydrogen-bond acceptors (Lipinski definition) is 3. The summed E-state index contributed by atoms with van der Waals surface area (Å²) in [7, 11) is 0. The fraction of sp³-hybridized carbons (Fsp3) is 0.636. The molecular formula is C11H18N3. The van der Waals surface area contributed by atoms with Crippen molar-refractivity contribution in [3.63, 3.8) is 0 Å². The zero-order chi connectivity index (χ0) is 10.1. The Kier molecular flexibility index (Phi) is 5.87. The Morgan fingerprint density at radius 1 is 1.07 bits per heavy atom. The molecule has 0 amide bonds. The van der Waals surface area contributed by atoms with Crippen LogP contribution in [0.5, 0.6) is 0 Å². The topological polar surface area (TPSA) is 38.7 Å². The second-order valence-corrected chi connectivity index (χ2v) is 3.40. The van der Waals surface area contributed by atoms with Gasteiger partial charge in [-0.05, 0) is 6.42 Å². The average Bonchev–Trinajstić information content (AvgIpc) is 2.25. The molecule has 1 heterocycles. The molecule has 0 atom stereocenters. The summed E-state index contributed by atoms with van der Waals surface area (Å²) in [6.45, 7) is 2.23. The van der Waals surface area contributed by atoms with Crippen LogP contribution in [-0.2, 0) is 0 Å². The molecule has 0 saturated carbocycles. The number of hydrogen-bond donors (Lipinski definition) is 0. The van der Waals surface area contributed by atoms with Gasteiger partial charge in [0.15, 0.2) is 0 Å². The first-order valence-electron chi connectivity index (χ1n) is 5.38. The van der Waals surface area contributed by atoms with Crippen molar-refractivity contribution < 1.29 is 0 Å². The van der Waals surface area contributed by atoms with E-state index in [9.17, 15) is 0 Å². The van der Waals surface area contributed by atoms with Crippen molar-refractivity contribution in [2.75, 3.05) is 0 Å². The van der Waals surface area contributed by atoms with Gasteiger partial charge in [-0.15, -0.1) is 0 Å². The van der Waals surface area contributed by atoms with E-state index in [-0.39, 0.29) is 0 Å². The highest BCUT2D eigenvalue weighted by atomic mass is 15.0. The van der Waals surface area contributed by atoms with E-state index in [2.05, 4.69) is 28.3 Å². The van der Waals surface area contributed by atoms with Gasteiger partial charge in [-0.1, -0.05) is 39.0 Å². The van der Waals surface area contributed by atoms with E-state index in [0.717, 1.165) is 12.2 Å². The van der Waals surface area contributed by atoms with Crippen molar-refractivity contribution in [1.82, 2.24) is 15.0 Å². The maximum Gasteiger partial charge on any atom is 0.135 e. The lowest BCUT2D eigenvalue weighted by atomic mass is 10.1. The second-order valence-electron chi connectivity index (χ2n) is 3.40. The molecule has 0 fully saturated rings. The van der Waals surface area contributed by atoms with Crippen LogP contribution in [0.1, 0.15) is 51.3 Å². The normalized spacial score (nSPS) is 10.4. The van der Waals surface area contributed by atoms with E-state index in [1.165, 1.54) is 44.8 Å². The van der Waals surface area contributed by atoms with Crippen LogP contribution in [0.15, 0.2) is 12.7 Å². The first-order chi connectivity index (χ1) is 6.93. The molecule has 0 aliphatic heterocycles. The molecule has 0 aliphatic rings. The Morgan fingerprint density at radius 3 is 2.50 bits per heavy atom. The first kappa shape index (κ1) is 11.1. The summed E-state index contributed by atoms with van der Waals surface area (Å²) in [5.41, 5.74) is 0. The lowest BCUT2D eigenvalue weighted by Crippen LogP contribution is -1.92. The fourth-order valence-electron chi connectivity index (χ4n) is 1.33. The molecule has 1 rings (SSSR count). The van der Waals surface area contributed by atoms with Gasteiger partial charge in [0.25, 0.3) is 0 Å². The van der Waals surface area contributed by atoms with Gasteiger partial charge in [0.1, 0.15) is 18.5 Å². The second kappa shape index (κ2) is 7.42. The van der Waals surface area contributed by atoms with Gasteiger partial charge in [0.05, 0.1) is 0 Å². The van der Waals surface area contributed by atoms with Gasteiger partial charge >= 0.3 is 0 Å². The fourth-order valence-corrected chi connectivity index (χ4v) is 1.33. The minimum Gasteiger partial charge on any atom is -0.225 e. The molecule has 0 aliphatic carbocycles. The van der Waals surface area contributed by atoms with Crippen LogP contribution in [0.4, 0.5) is 0 Å². The average molecular weight is 192 g/mol. The predicted molar refractivity (Wildman–Crippen MR) is 56.6 cm³/mol. The predicted octanol–water partition coefficient (Wildman–Crippen LogP) is 2.78. The molecule has 3 nitrogen and oxygen atoms in total. The van der Waals surface area contributed by atoms with Crippen LogP contribution in [0.25, 0.3) is 0 Å². The summed E-state index contributed by atoms with van der Waals surface area (Å²) in [6, 6.07) is 0. The summed E-state index contributed by atoms with van der Waals surface area (Å²) >= 11 is 0. The lowest BCUT2D eigenvalue weighted by Gasteiger charge is -1.99. The van der Waals surface area contributed by atoms with E-state index < -0.39 is 0 Å². The summed E-state index contributed by atoms with van der Waals surface area (Å²) in [4.78, 5) is 11.8. The molecule has 1 radical (unpaired) electrons. The third kappa shape index (κ3) is 4.90. The van der Waals surface area contributed by atoms with Crippen molar-refractivity contribution in [2.24, 2.45) is 0 Å². The van der Waals surface area contributed by atoms with E-state index in [4.69, 9.17) is 0 Å².